The number of aryl methyl sites for hydroxylation is 1. The van der Waals surface area contributed by atoms with Gasteiger partial charge in [0.15, 0.2) is 0 Å². The van der Waals surface area contributed by atoms with Crippen LogP contribution in [0.1, 0.15) is 17.6 Å². The van der Waals surface area contributed by atoms with E-state index in [4.69, 9.17) is 0 Å². The molecule has 2 heterocycles. The van der Waals surface area contributed by atoms with Crippen molar-refractivity contribution in [2.45, 2.75) is 26.6 Å². The lowest BCUT2D eigenvalue weighted by atomic mass is 10.4. The highest BCUT2D eigenvalue weighted by Crippen LogP contribution is 2.19. The molecule has 0 bridgehead atoms. The predicted molar refractivity (Wildman–Crippen MR) is 70.5 cm³/mol. The number of aromatic nitrogens is 2. The van der Waals surface area contributed by atoms with Crippen molar-refractivity contribution >= 4 is 27.3 Å². The first-order valence-electron chi connectivity index (χ1n) is 5.23. The molecule has 5 heteroatoms. The van der Waals surface area contributed by atoms with Gasteiger partial charge in [0.2, 0.25) is 0 Å². The Hall–Kier alpha value is -0.650. The lowest BCUT2D eigenvalue weighted by molar-refractivity contribution is 0.616. The van der Waals surface area contributed by atoms with Crippen molar-refractivity contribution in [1.29, 1.82) is 0 Å². The molecule has 0 aliphatic rings. The minimum Gasteiger partial charge on any atom is -0.334 e. The fraction of sp³-hybridized carbons (Fsp3) is 0.364. The number of thiophene rings is 1. The highest BCUT2D eigenvalue weighted by Gasteiger charge is 2.01. The van der Waals surface area contributed by atoms with Crippen LogP contribution in [-0.2, 0) is 19.6 Å². The Bertz CT molecular complexity index is 450. The third kappa shape index (κ3) is 2.93. The third-order valence-corrected chi connectivity index (χ3v) is 4.04. The Kier molecular flexibility index (Phi) is 4.15. The Morgan fingerprint density at radius 3 is 3.06 bits per heavy atom. The molecule has 0 spiro atoms. The van der Waals surface area contributed by atoms with Crippen LogP contribution in [0.15, 0.2) is 28.3 Å². The van der Waals surface area contributed by atoms with E-state index in [2.05, 4.69) is 49.2 Å². The van der Waals surface area contributed by atoms with Crippen molar-refractivity contribution < 1.29 is 0 Å². The molecule has 0 amide bonds. The lowest BCUT2D eigenvalue weighted by Crippen LogP contribution is -2.15. The van der Waals surface area contributed by atoms with E-state index in [1.807, 2.05) is 12.4 Å². The molecular weight excluding hydrogens is 286 g/mol. The molecule has 86 valence electrons. The number of nitrogens with one attached hydrogen (secondary N) is 1. The van der Waals surface area contributed by atoms with Gasteiger partial charge in [-0.2, -0.15) is 0 Å². The molecule has 0 aromatic carbocycles. The molecule has 0 fully saturated rings. The van der Waals surface area contributed by atoms with Crippen LogP contribution in [0.25, 0.3) is 0 Å². The fourth-order valence-electron chi connectivity index (χ4n) is 1.54. The van der Waals surface area contributed by atoms with Gasteiger partial charge in [0, 0.05) is 40.2 Å². The smallest absolute Gasteiger partial charge is 0.122 e. The van der Waals surface area contributed by atoms with Gasteiger partial charge in [0.05, 0.1) is 6.54 Å². The fourth-order valence-corrected chi connectivity index (χ4v) is 2.96. The van der Waals surface area contributed by atoms with Crippen LogP contribution < -0.4 is 5.32 Å². The van der Waals surface area contributed by atoms with Crippen molar-refractivity contribution in [2.75, 3.05) is 0 Å². The van der Waals surface area contributed by atoms with E-state index in [-0.39, 0.29) is 0 Å². The van der Waals surface area contributed by atoms with E-state index in [0.29, 0.717) is 0 Å². The van der Waals surface area contributed by atoms with Gasteiger partial charge in [-0.15, -0.1) is 11.3 Å². The summed E-state index contributed by atoms with van der Waals surface area (Å²) in [5, 5.41) is 5.50. The molecule has 16 heavy (non-hydrogen) atoms. The second-order valence-electron chi connectivity index (χ2n) is 3.46. The second kappa shape index (κ2) is 5.61. The zero-order chi connectivity index (χ0) is 11.4. The van der Waals surface area contributed by atoms with Crippen molar-refractivity contribution in [1.82, 2.24) is 14.9 Å². The summed E-state index contributed by atoms with van der Waals surface area (Å²) in [6, 6.07) is 2.14. The van der Waals surface area contributed by atoms with E-state index in [1.165, 1.54) is 4.88 Å². The molecule has 0 saturated carbocycles. The second-order valence-corrected chi connectivity index (χ2v) is 5.38. The number of imidazole rings is 1. The van der Waals surface area contributed by atoms with Crippen LogP contribution in [0.2, 0.25) is 0 Å². The summed E-state index contributed by atoms with van der Waals surface area (Å²) in [4.78, 5) is 5.65. The Morgan fingerprint density at radius 1 is 1.50 bits per heavy atom. The zero-order valence-electron chi connectivity index (χ0n) is 9.11. The maximum absolute atomic E-state index is 4.32. The zero-order valence-corrected chi connectivity index (χ0v) is 11.5. The lowest BCUT2D eigenvalue weighted by Gasteiger charge is -2.05. The molecule has 0 unspecified atom stereocenters. The molecule has 1 N–H and O–H groups in total. The number of rotatable bonds is 5. The standard InChI is InChI=1S/C11H14BrN3S/c1-2-15-4-3-14-11(15)7-13-6-10-5-9(12)8-16-10/h3-5,8,13H,2,6-7H2,1H3. The SMILES string of the molecule is CCn1ccnc1CNCc1cc(Br)cs1. The van der Waals surface area contributed by atoms with E-state index < -0.39 is 0 Å². The summed E-state index contributed by atoms with van der Waals surface area (Å²) < 4.78 is 3.31. The quantitative estimate of drug-likeness (QED) is 0.920. The monoisotopic (exact) mass is 299 g/mol. The summed E-state index contributed by atoms with van der Waals surface area (Å²) in [6.07, 6.45) is 3.86. The minimum absolute atomic E-state index is 0.816. The molecular formula is C11H14BrN3S. The van der Waals surface area contributed by atoms with Gasteiger partial charge in [0.25, 0.3) is 0 Å². The number of halogens is 1. The molecule has 0 saturated heterocycles. The summed E-state index contributed by atoms with van der Waals surface area (Å²) in [5.41, 5.74) is 0. The molecule has 2 aromatic rings. The molecule has 0 aliphatic carbocycles. The van der Waals surface area contributed by atoms with Crippen molar-refractivity contribution in [3.05, 3.63) is 39.0 Å². The molecule has 2 aromatic heterocycles. The summed E-state index contributed by atoms with van der Waals surface area (Å²) >= 11 is 5.21. The number of hydrogen-bond donors (Lipinski definition) is 1. The maximum Gasteiger partial charge on any atom is 0.122 e. The Balaban J connectivity index is 1.84. The molecule has 2 rings (SSSR count). The van der Waals surface area contributed by atoms with E-state index in [1.54, 1.807) is 11.3 Å². The minimum atomic E-state index is 0.816. The topological polar surface area (TPSA) is 29.9 Å². The number of hydrogen-bond acceptors (Lipinski definition) is 3. The first-order chi connectivity index (χ1) is 7.79. The molecule has 0 radical (unpaired) electrons. The predicted octanol–water partition coefficient (Wildman–Crippen LogP) is 3.02. The highest BCUT2D eigenvalue weighted by molar-refractivity contribution is 9.10. The van der Waals surface area contributed by atoms with Crippen molar-refractivity contribution in [3.63, 3.8) is 0 Å². The highest BCUT2D eigenvalue weighted by atomic mass is 79.9. The van der Waals surface area contributed by atoms with Gasteiger partial charge in [-0.25, -0.2) is 4.98 Å². The summed E-state index contributed by atoms with van der Waals surface area (Å²) in [5.74, 6) is 1.10. The third-order valence-electron chi connectivity index (χ3n) is 2.35. The molecule has 0 atom stereocenters. The van der Waals surface area contributed by atoms with Crippen LogP contribution in [0.5, 0.6) is 0 Å². The summed E-state index contributed by atoms with van der Waals surface area (Å²) in [6.45, 7) is 4.81. The van der Waals surface area contributed by atoms with Crippen LogP contribution >= 0.6 is 27.3 Å². The van der Waals surface area contributed by atoms with Crippen molar-refractivity contribution in [3.8, 4) is 0 Å². The largest absolute Gasteiger partial charge is 0.334 e. The van der Waals surface area contributed by atoms with Gasteiger partial charge in [-0.05, 0) is 28.9 Å². The van der Waals surface area contributed by atoms with Gasteiger partial charge in [-0.3, -0.25) is 0 Å². The normalized spacial score (nSPS) is 10.9. The molecule has 3 nitrogen and oxygen atoms in total. The van der Waals surface area contributed by atoms with Gasteiger partial charge < -0.3 is 9.88 Å². The first-order valence-corrected chi connectivity index (χ1v) is 6.90. The van der Waals surface area contributed by atoms with Crippen LogP contribution in [0.3, 0.4) is 0 Å². The Morgan fingerprint density at radius 2 is 2.38 bits per heavy atom. The van der Waals surface area contributed by atoms with Crippen LogP contribution in [0.4, 0.5) is 0 Å². The van der Waals surface area contributed by atoms with E-state index in [9.17, 15) is 0 Å². The van der Waals surface area contributed by atoms with Gasteiger partial charge in [-0.1, -0.05) is 0 Å². The summed E-state index contributed by atoms with van der Waals surface area (Å²) in [7, 11) is 0. The van der Waals surface area contributed by atoms with Crippen LogP contribution in [-0.4, -0.2) is 9.55 Å². The van der Waals surface area contributed by atoms with Crippen molar-refractivity contribution in [2.24, 2.45) is 0 Å². The maximum atomic E-state index is 4.32. The Labute approximate surface area is 108 Å². The van der Waals surface area contributed by atoms with Gasteiger partial charge >= 0.3 is 0 Å². The van der Waals surface area contributed by atoms with E-state index >= 15 is 0 Å². The van der Waals surface area contributed by atoms with Gasteiger partial charge in [0.1, 0.15) is 5.82 Å². The average molecular weight is 300 g/mol. The average Bonchev–Trinajstić information content (AvgIpc) is 2.87. The number of nitrogens with zero attached hydrogens (tertiary/aromatic N) is 2. The van der Waals surface area contributed by atoms with E-state index in [0.717, 1.165) is 29.9 Å². The first kappa shape index (κ1) is 11.8. The van der Waals surface area contributed by atoms with Crippen LogP contribution in [0, 0.1) is 0 Å². The molecule has 0 aliphatic heterocycles.